The van der Waals surface area contributed by atoms with Crippen molar-refractivity contribution in [1.29, 1.82) is 0 Å². The number of hydrogen-bond donors (Lipinski definition) is 1. The van der Waals surface area contributed by atoms with Crippen LogP contribution in [-0.4, -0.2) is 6.04 Å². The van der Waals surface area contributed by atoms with E-state index in [0.29, 0.717) is 17.0 Å². The molecule has 0 fully saturated rings. The highest BCUT2D eigenvalue weighted by Crippen LogP contribution is 2.25. The molecule has 0 aliphatic carbocycles. The van der Waals surface area contributed by atoms with E-state index in [-0.39, 0.29) is 11.9 Å². The zero-order chi connectivity index (χ0) is 13.7. The second-order valence-electron chi connectivity index (χ2n) is 4.92. The molecule has 1 aromatic rings. The second kappa shape index (κ2) is 7.10. The molecule has 0 spiro atoms. The van der Waals surface area contributed by atoms with Gasteiger partial charge in [0.25, 0.3) is 0 Å². The lowest BCUT2D eigenvalue weighted by molar-refractivity contribution is 0.330. The van der Waals surface area contributed by atoms with E-state index < -0.39 is 0 Å². The summed E-state index contributed by atoms with van der Waals surface area (Å²) in [4.78, 5) is 0. The standard InChI is InChI=1S/C15H23ClFN/c1-5-12(6-2)10(3)18-11(4)14-8-7-13(17)9-15(14)16/h7-12,18H,5-6H2,1-4H3. The van der Waals surface area contributed by atoms with Crippen molar-refractivity contribution in [2.75, 3.05) is 0 Å². The summed E-state index contributed by atoms with van der Waals surface area (Å²) in [6.45, 7) is 8.69. The molecule has 0 aromatic heterocycles. The molecule has 0 radical (unpaired) electrons. The lowest BCUT2D eigenvalue weighted by Crippen LogP contribution is -2.35. The molecule has 0 aliphatic rings. The van der Waals surface area contributed by atoms with Gasteiger partial charge in [-0.2, -0.15) is 0 Å². The Kier molecular flexibility index (Phi) is 6.10. The second-order valence-corrected chi connectivity index (χ2v) is 5.33. The summed E-state index contributed by atoms with van der Waals surface area (Å²) in [6, 6.07) is 5.15. The Labute approximate surface area is 115 Å². The fraction of sp³-hybridized carbons (Fsp3) is 0.600. The molecule has 3 heteroatoms. The van der Waals surface area contributed by atoms with Crippen LogP contribution in [0.5, 0.6) is 0 Å². The maximum Gasteiger partial charge on any atom is 0.124 e. The van der Waals surface area contributed by atoms with Crippen LogP contribution in [0, 0.1) is 11.7 Å². The van der Waals surface area contributed by atoms with Gasteiger partial charge in [0, 0.05) is 17.1 Å². The third kappa shape index (κ3) is 3.96. The maximum atomic E-state index is 13.0. The molecule has 102 valence electrons. The summed E-state index contributed by atoms with van der Waals surface area (Å²) >= 11 is 6.08. The monoisotopic (exact) mass is 271 g/mol. The van der Waals surface area contributed by atoms with E-state index in [4.69, 9.17) is 11.6 Å². The molecule has 0 aliphatic heterocycles. The van der Waals surface area contributed by atoms with Crippen molar-refractivity contribution in [2.45, 2.75) is 52.6 Å². The topological polar surface area (TPSA) is 12.0 Å². The van der Waals surface area contributed by atoms with E-state index in [1.807, 2.05) is 0 Å². The van der Waals surface area contributed by atoms with Crippen LogP contribution >= 0.6 is 11.6 Å². The van der Waals surface area contributed by atoms with Gasteiger partial charge >= 0.3 is 0 Å². The third-order valence-electron chi connectivity index (χ3n) is 3.70. The van der Waals surface area contributed by atoms with Crippen molar-refractivity contribution >= 4 is 11.6 Å². The van der Waals surface area contributed by atoms with E-state index >= 15 is 0 Å². The van der Waals surface area contributed by atoms with Gasteiger partial charge in [-0.25, -0.2) is 4.39 Å². The molecule has 0 bridgehead atoms. The van der Waals surface area contributed by atoms with Crippen LogP contribution in [0.1, 0.15) is 52.1 Å². The van der Waals surface area contributed by atoms with Crippen LogP contribution in [0.3, 0.4) is 0 Å². The fourth-order valence-electron chi connectivity index (χ4n) is 2.47. The Morgan fingerprint density at radius 1 is 1.22 bits per heavy atom. The average Bonchev–Trinajstić information content (AvgIpc) is 2.30. The highest BCUT2D eigenvalue weighted by Gasteiger charge is 2.17. The van der Waals surface area contributed by atoms with Crippen molar-refractivity contribution in [1.82, 2.24) is 5.32 Å². The number of nitrogens with one attached hydrogen (secondary N) is 1. The Bertz CT molecular complexity index is 377. The Hall–Kier alpha value is -0.600. The van der Waals surface area contributed by atoms with E-state index in [9.17, 15) is 4.39 Å². The molecule has 1 N–H and O–H groups in total. The van der Waals surface area contributed by atoms with E-state index in [1.165, 1.54) is 12.1 Å². The minimum Gasteiger partial charge on any atom is -0.307 e. The Morgan fingerprint density at radius 3 is 2.33 bits per heavy atom. The van der Waals surface area contributed by atoms with Crippen LogP contribution in [0.25, 0.3) is 0 Å². The minimum absolute atomic E-state index is 0.133. The van der Waals surface area contributed by atoms with Crippen LogP contribution in [0.15, 0.2) is 18.2 Å². The van der Waals surface area contributed by atoms with Gasteiger partial charge in [0.15, 0.2) is 0 Å². The first-order valence-electron chi connectivity index (χ1n) is 6.70. The van der Waals surface area contributed by atoms with Crippen LogP contribution in [-0.2, 0) is 0 Å². The van der Waals surface area contributed by atoms with E-state index in [1.54, 1.807) is 6.07 Å². The van der Waals surface area contributed by atoms with Gasteiger partial charge in [0.05, 0.1) is 0 Å². The highest BCUT2D eigenvalue weighted by molar-refractivity contribution is 6.31. The first kappa shape index (κ1) is 15.5. The summed E-state index contributed by atoms with van der Waals surface area (Å²) in [5.41, 5.74) is 0.955. The van der Waals surface area contributed by atoms with Gasteiger partial charge in [-0.3, -0.25) is 0 Å². The largest absolute Gasteiger partial charge is 0.307 e. The highest BCUT2D eigenvalue weighted by atomic mass is 35.5. The van der Waals surface area contributed by atoms with Crippen molar-refractivity contribution in [3.05, 3.63) is 34.6 Å². The van der Waals surface area contributed by atoms with Gasteiger partial charge in [-0.05, 0) is 37.5 Å². The van der Waals surface area contributed by atoms with Crippen LogP contribution < -0.4 is 5.32 Å². The Balaban J connectivity index is 2.72. The SMILES string of the molecule is CCC(CC)C(C)NC(C)c1ccc(F)cc1Cl. The zero-order valence-corrected chi connectivity index (χ0v) is 12.4. The van der Waals surface area contributed by atoms with Crippen LogP contribution in [0.2, 0.25) is 5.02 Å². The van der Waals surface area contributed by atoms with Crippen LogP contribution in [0.4, 0.5) is 4.39 Å². The van der Waals surface area contributed by atoms with Gasteiger partial charge in [0.1, 0.15) is 5.82 Å². The molecule has 1 rings (SSSR count). The predicted molar refractivity (Wildman–Crippen MR) is 76.5 cm³/mol. The number of rotatable bonds is 6. The molecule has 0 heterocycles. The molecule has 0 amide bonds. The molecular formula is C15H23ClFN. The smallest absolute Gasteiger partial charge is 0.124 e. The van der Waals surface area contributed by atoms with Crippen molar-refractivity contribution < 1.29 is 4.39 Å². The molecule has 1 nitrogen and oxygen atoms in total. The van der Waals surface area contributed by atoms with E-state index in [0.717, 1.165) is 18.4 Å². The lowest BCUT2D eigenvalue weighted by Gasteiger charge is -2.27. The van der Waals surface area contributed by atoms with Gasteiger partial charge in [-0.1, -0.05) is 44.4 Å². The van der Waals surface area contributed by atoms with Crippen molar-refractivity contribution in [3.8, 4) is 0 Å². The molecule has 0 saturated heterocycles. The summed E-state index contributed by atoms with van der Waals surface area (Å²) in [7, 11) is 0. The fourth-order valence-corrected chi connectivity index (χ4v) is 2.80. The molecule has 0 saturated carbocycles. The summed E-state index contributed by atoms with van der Waals surface area (Å²) in [5.74, 6) is 0.371. The van der Waals surface area contributed by atoms with Gasteiger partial charge in [-0.15, -0.1) is 0 Å². The summed E-state index contributed by atoms with van der Waals surface area (Å²) in [6.07, 6.45) is 2.32. The quantitative estimate of drug-likeness (QED) is 0.772. The molecule has 2 atom stereocenters. The summed E-state index contributed by atoms with van der Waals surface area (Å²) in [5, 5.41) is 4.04. The molecular weight excluding hydrogens is 249 g/mol. The van der Waals surface area contributed by atoms with Gasteiger partial charge < -0.3 is 5.32 Å². The maximum absolute atomic E-state index is 13.0. The van der Waals surface area contributed by atoms with Gasteiger partial charge in [0.2, 0.25) is 0 Å². The number of benzene rings is 1. The number of halogens is 2. The predicted octanol–water partition coefficient (Wildman–Crippen LogP) is 4.95. The first-order valence-corrected chi connectivity index (χ1v) is 7.08. The average molecular weight is 272 g/mol. The summed E-state index contributed by atoms with van der Waals surface area (Å²) < 4.78 is 13.0. The molecule has 2 unspecified atom stereocenters. The first-order chi connectivity index (χ1) is 8.49. The van der Waals surface area contributed by atoms with E-state index in [2.05, 4.69) is 33.0 Å². The Morgan fingerprint density at radius 2 is 1.83 bits per heavy atom. The minimum atomic E-state index is -0.288. The lowest BCUT2D eigenvalue weighted by atomic mass is 9.94. The normalized spacial score (nSPS) is 14.8. The molecule has 18 heavy (non-hydrogen) atoms. The third-order valence-corrected chi connectivity index (χ3v) is 4.03. The van der Waals surface area contributed by atoms with Crippen molar-refractivity contribution in [2.24, 2.45) is 5.92 Å². The van der Waals surface area contributed by atoms with Crippen molar-refractivity contribution in [3.63, 3.8) is 0 Å². The molecule has 1 aromatic carbocycles. The zero-order valence-electron chi connectivity index (χ0n) is 11.6. The number of hydrogen-bond acceptors (Lipinski definition) is 1.